The van der Waals surface area contributed by atoms with Crippen LogP contribution in [0, 0.1) is 13.8 Å². The van der Waals surface area contributed by atoms with Crippen LogP contribution >= 0.6 is 0 Å². The molecule has 0 fully saturated rings. The SMILES string of the molecule is Cc1ccc(C)c(S(=O)(=O)[C@H](CNC(=O)c2ccco2)c2ccco2)c1. The number of hydrogen-bond acceptors (Lipinski definition) is 5. The number of carbonyl (C=O) groups is 1. The lowest BCUT2D eigenvalue weighted by atomic mass is 10.2. The Labute approximate surface area is 151 Å². The van der Waals surface area contributed by atoms with Crippen molar-refractivity contribution in [3.63, 3.8) is 0 Å². The summed E-state index contributed by atoms with van der Waals surface area (Å²) in [6.07, 6.45) is 2.79. The lowest BCUT2D eigenvalue weighted by molar-refractivity contribution is 0.0925. The molecule has 1 aromatic carbocycles. The number of nitrogens with one attached hydrogen (secondary N) is 1. The van der Waals surface area contributed by atoms with Gasteiger partial charge in [0.1, 0.15) is 11.0 Å². The molecule has 1 atom stereocenters. The van der Waals surface area contributed by atoms with E-state index >= 15 is 0 Å². The zero-order chi connectivity index (χ0) is 18.7. The molecule has 0 spiro atoms. The maximum absolute atomic E-state index is 13.3. The van der Waals surface area contributed by atoms with Gasteiger partial charge in [-0.15, -0.1) is 0 Å². The first-order valence-corrected chi connectivity index (χ1v) is 9.60. The first kappa shape index (κ1) is 18.0. The quantitative estimate of drug-likeness (QED) is 0.715. The van der Waals surface area contributed by atoms with Gasteiger partial charge < -0.3 is 14.2 Å². The van der Waals surface area contributed by atoms with Crippen molar-refractivity contribution in [2.24, 2.45) is 0 Å². The molecule has 136 valence electrons. The number of sulfone groups is 1. The van der Waals surface area contributed by atoms with Crippen LogP contribution in [0.4, 0.5) is 0 Å². The van der Waals surface area contributed by atoms with E-state index in [0.717, 1.165) is 5.56 Å². The van der Waals surface area contributed by atoms with Gasteiger partial charge in [-0.25, -0.2) is 8.42 Å². The van der Waals surface area contributed by atoms with E-state index in [0.29, 0.717) is 5.56 Å². The molecule has 3 rings (SSSR count). The van der Waals surface area contributed by atoms with Crippen LogP contribution in [0.2, 0.25) is 0 Å². The maximum atomic E-state index is 13.3. The van der Waals surface area contributed by atoms with Crippen LogP contribution in [-0.4, -0.2) is 20.9 Å². The summed E-state index contributed by atoms with van der Waals surface area (Å²) in [4.78, 5) is 12.4. The maximum Gasteiger partial charge on any atom is 0.287 e. The highest BCUT2D eigenvalue weighted by atomic mass is 32.2. The molecule has 2 aromatic heterocycles. The fraction of sp³-hybridized carbons (Fsp3) is 0.211. The molecule has 1 amide bonds. The van der Waals surface area contributed by atoms with Gasteiger partial charge in [-0.05, 0) is 55.3 Å². The number of amides is 1. The average molecular weight is 373 g/mol. The first-order chi connectivity index (χ1) is 12.4. The molecule has 7 heteroatoms. The second-order valence-electron chi connectivity index (χ2n) is 6.01. The smallest absolute Gasteiger partial charge is 0.287 e. The third-order valence-corrected chi connectivity index (χ3v) is 6.28. The summed E-state index contributed by atoms with van der Waals surface area (Å²) in [6, 6.07) is 11.6. The van der Waals surface area contributed by atoms with Crippen LogP contribution in [0.3, 0.4) is 0 Å². The molecule has 2 heterocycles. The van der Waals surface area contributed by atoms with Crippen molar-refractivity contribution < 1.29 is 22.0 Å². The third-order valence-electron chi connectivity index (χ3n) is 4.08. The summed E-state index contributed by atoms with van der Waals surface area (Å²) in [5, 5.41) is 1.57. The molecule has 26 heavy (non-hydrogen) atoms. The Morgan fingerprint density at radius 2 is 1.81 bits per heavy atom. The van der Waals surface area contributed by atoms with E-state index in [1.165, 1.54) is 18.6 Å². The molecule has 0 saturated heterocycles. The minimum Gasteiger partial charge on any atom is -0.468 e. The topological polar surface area (TPSA) is 89.5 Å². The number of furan rings is 2. The highest BCUT2D eigenvalue weighted by molar-refractivity contribution is 7.91. The van der Waals surface area contributed by atoms with Gasteiger partial charge in [-0.1, -0.05) is 12.1 Å². The summed E-state index contributed by atoms with van der Waals surface area (Å²) in [5.41, 5.74) is 1.48. The lowest BCUT2D eigenvalue weighted by Gasteiger charge is -2.18. The van der Waals surface area contributed by atoms with E-state index in [4.69, 9.17) is 8.83 Å². The Hall–Kier alpha value is -2.80. The molecule has 1 N–H and O–H groups in total. The molecule has 0 saturated carbocycles. The molecular formula is C19H19NO5S. The number of benzene rings is 1. The van der Waals surface area contributed by atoms with Crippen LogP contribution in [0.1, 0.15) is 32.7 Å². The zero-order valence-corrected chi connectivity index (χ0v) is 15.2. The summed E-state index contributed by atoms with van der Waals surface area (Å²) < 4.78 is 36.9. The number of hydrogen-bond donors (Lipinski definition) is 1. The van der Waals surface area contributed by atoms with Crippen molar-refractivity contribution >= 4 is 15.7 Å². The van der Waals surface area contributed by atoms with Gasteiger partial charge >= 0.3 is 0 Å². The molecule has 0 aliphatic rings. The standard InChI is InChI=1S/C19H19NO5S/c1-13-7-8-14(2)17(11-13)26(22,23)18(15-5-3-9-24-15)12-20-19(21)16-6-4-10-25-16/h3-11,18H,12H2,1-2H3,(H,20,21)/t18-/m1/s1. The second-order valence-corrected chi connectivity index (χ2v) is 8.10. The number of aryl methyl sites for hydroxylation is 2. The van der Waals surface area contributed by atoms with Gasteiger partial charge in [0.05, 0.1) is 17.4 Å². The van der Waals surface area contributed by atoms with Gasteiger partial charge in [0, 0.05) is 6.54 Å². The van der Waals surface area contributed by atoms with Gasteiger partial charge in [0.2, 0.25) is 0 Å². The van der Waals surface area contributed by atoms with Crippen molar-refractivity contribution in [3.8, 4) is 0 Å². The molecule has 0 radical (unpaired) electrons. The van der Waals surface area contributed by atoms with Crippen molar-refractivity contribution in [2.75, 3.05) is 6.54 Å². The van der Waals surface area contributed by atoms with Gasteiger partial charge in [-0.2, -0.15) is 0 Å². The van der Waals surface area contributed by atoms with E-state index in [-0.39, 0.29) is 23.0 Å². The van der Waals surface area contributed by atoms with Crippen LogP contribution in [0.25, 0.3) is 0 Å². The van der Waals surface area contributed by atoms with Crippen molar-refractivity contribution in [1.29, 1.82) is 0 Å². The average Bonchev–Trinajstić information content (AvgIpc) is 3.30. The molecule has 0 unspecified atom stereocenters. The molecule has 3 aromatic rings. The van der Waals surface area contributed by atoms with E-state index in [2.05, 4.69) is 5.32 Å². The van der Waals surface area contributed by atoms with Crippen LogP contribution in [0.5, 0.6) is 0 Å². The Kier molecular flexibility index (Phi) is 4.99. The Balaban J connectivity index is 1.93. The highest BCUT2D eigenvalue weighted by Crippen LogP contribution is 2.31. The fourth-order valence-electron chi connectivity index (χ4n) is 2.69. The summed E-state index contributed by atoms with van der Waals surface area (Å²) in [5.74, 6) is -0.0966. The monoisotopic (exact) mass is 373 g/mol. The highest BCUT2D eigenvalue weighted by Gasteiger charge is 2.33. The van der Waals surface area contributed by atoms with Gasteiger partial charge in [-0.3, -0.25) is 4.79 Å². The zero-order valence-electron chi connectivity index (χ0n) is 14.4. The first-order valence-electron chi connectivity index (χ1n) is 8.06. The molecule has 0 aliphatic carbocycles. The molecule has 0 bridgehead atoms. The van der Waals surface area contributed by atoms with E-state index in [1.807, 2.05) is 13.0 Å². The fourth-order valence-corrected chi connectivity index (χ4v) is 4.60. The van der Waals surface area contributed by atoms with Crippen LogP contribution in [-0.2, 0) is 9.84 Å². The third kappa shape index (κ3) is 3.57. The number of carbonyl (C=O) groups excluding carboxylic acids is 1. The van der Waals surface area contributed by atoms with Crippen LogP contribution in [0.15, 0.2) is 68.7 Å². The van der Waals surface area contributed by atoms with Crippen molar-refractivity contribution in [3.05, 3.63) is 77.6 Å². The predicted octanol–water partition coefficient (Wildman–Crippen LogP) is 3.43. The van der Waals surface area contributed by atoms with E-state index in [9.17, 15) is 13.2 Å². The minimum atomic E-state index is -3.78. The summed E-state index contributed by atoms with van der Waals surface area (Å²) in [6.45, 7) is 3.44. The Morgan fingerprint density at radius 3 is 2.46 bits per heavy atom. The second kappa shape index (κ2) is 7.21. The molecule has 6 nitrogen and oxygen atoms in total. The van der Waals surface area contributed by atoms with Crippen molar-refractivity contribution in [2.45, 2.75) is 24.0 Å². The van der Waals surface area contributed by atoms with Crippen LogP contribution < -0.4 is 5.32 Å². The Morgan fingerprint density at radius 1 is 1.08 bits per heavy atom. The predicted molar refractivity (Wildman–Crippen MR) is 95.6 cm³/mol. The molecular weight excluding hydrogens is 354 g/mol. The summed E-state index contributed by atoms with van der Waals surface area (Å²) >= 11 is 0. The van der Waals surface area contributed by atoms with E-state index in [1.54, 1.807) is 37.3 Å². The van der Waals surface area contributed by atoms with Crippen molar-refractivity contribution in [1.82, 2.24) is 5.32 Å². The number of rotatable bonds is 6. The molecule has 0 aliphatic heterocycles. The minimum absolute atomic E-state index is 0.118. The van der Waals surface area contributed by atoms with E-state index < -0.39 is 21.0 Å². The largest absolute Gasteiger partial charge is 0.468 e. The Bertz CT molecular complexity index is 989. The normalized spacial score (nSPS) is 12.7. The summed E-state index contributed by atoms with van der Waals surface area (Å²) in [7, 11) is -3.78. The van der Waals surface area contributed by atoms with Gasteiger partial charge in [0.15, 0.2) is 15.6 Å². The van der Waals surface area contributed by atoms with Gasteiger partial charge in [0.25, 0.3) is 5.91 Å². The lowest BCUT2D eigenvalue weighted by Crippen LogP contribution is -2.31.